The van der Waals surface area contributed by atoms with Crippen molar-refractivity contribution in [1.82, 2.24) is 14.3 Å². The van der Waals surface area contributed by atoms with Crippen LogP contribution in [0, 0.1) is 11.6 Å². The average molecular weight is 524 g/mol. The first-order valence-corrected chi connectivity index (χ1v) is 10.5. The summed E-state index contributed by atoms with van der Waals surface area (Å²) in [5.74, 6) is -3.40. The van der Waals surface area contributed by atoms with Crippen molar-refractivity contribution in [3.8, 4) is 11.4 Å². The van der Waals surface area contributed by atoms with Crippen LogP contribution in [0.3, 0.4) is 0 Å². The molecule has 0 saturated heterocycles. The highest BCUT2D eigenvalue weighted by Gasteiger charge is 2.32. The van der Waals surface area contributed by atoms with E-state index in [1.807, 2.05) is 0 Å². The molecule has 0 spiro atoms. The lowest BCUT2D eigenvalue weighted by molar-refractivity contribution is -0.137. The van der Waals surface area contributed by atoms with E-state index in [0.29, 0.717) is 18.2 Å². The van der Waals surface area contributed by atoms with Gasteiger partial charge in [-0.2, -0.15) is 13.2 Å². The normalized spacial score (nSPS) is 12.1. The van der Waals surface area contributed by atoms with E-state index >= 15 is 0 Å². The summed E-state index contributed by atoms with van der Waals surface area (Å²) in [7, 11) is -3.26. The zero-order valence-electron chi connectivity index (χ0n) is 15.3. The number of nitrogens with zero attached hydrogens (tertiary/aromatic N) is 2. The number of alkyl halides is 3. The SMILES string of the molecule is Cn1cc(C(=O)NS(=O)(=O)c2ccc(C(F)(F)F)cc2Br)nc1-c1c(F)cccc1F. The van der Waals surface area contributed by atoms with Crippen molar-refractivity contribution in [1.29, 1.82) is 0 Å². The number of aromatic nitrogens is 2. The largest absolute Gasteiger partial charge is 0.416 e. The Kier molecular flexibility index (Phi) is 5.93. The molecule has 0 atom stereocenters. The molecule has 1 amide bonds. The Morgan fingerprint density at radius 2 is 1.74 bits per heavy atom. The number of rotatable bonds is 4. The zero-order chi connectivity index (χ0) is 23.1. The maximum atomic E-state index is 14.0. The first-order chi connectivity index (χ1) is 14.3. The summed E-state index contributed by atoms with van der Waals surface area (Å²) in [4.78, 5) is 15.6. The Labute approximate surface area is 180 Å². The van der Waals surface area contributed by atoms with E-state index in [0.717, 1.165) is 29.0 Å². The molecule has 1 N–H and O–H groups in total. The van der Waals surface area contributed by atoms with Gasteiger partial charge in [-0.25, -0.2) is 26.9 Å². The van der Waals surface area contributed by atoms with Crippen molar-refractivity contribution in [3.63, 3.8) is 0 Å². The monoisotopic (exact) mass is 523 g/mol. The topological polar surface area (TPSA) is 81.1 Å². The molecule has 3 aromatic rings. The molecule has 31 heavy (non-hydrogen) atoms. The Morgan fingerprint density at radius 3 is 2.29 bits per heavy atom. The zero-order valence-corrected chi connectivity index (χ0v) is 17.7. The van der Waals surface area contributed by atoms with Crippen LogP contribution < -0.4 is 4.72 Å². The van der Waals surface area contributed by atoms with Crippen LogP contribution >= 0.6 is 15.9 Å². The molecule has 164 valence electrons. The maximum absolute atomic E-state index is 14.0. The number of carbonyl (C=O) groups is 1. The van der Waals surface area contributed by atoms with Crippen molar-refractivity contribution in [2.75, 3.05) is 0 Å². The fourth-order valence-corrected chi connectivity index (χ4v) is 4.68. The molecule has 13 heteroatoms. The van der Waals surface area contributed by atoms with E-state index in [-0.39, 0.29) is 5.82 Å². The molecule has 0 aliphatic carbocycles. The summed E-state index contributed by atoms with van der Waals surface area (Å²) >= 11 is 2.75. The maximum Gasteiger partial charge on any atom is 0.416 e. The lowest BCUT2D eigenvalue weighted by Gasteiger charge is -2.11. The second kappa shape index (κ2) is 8.04. The fourth-order valence-electron chi connectivity index (χ4n) is 2.64. The van der Waals surface area contributed by atoms with Gasteiger partial charge in [0.25, 0.3) is 15.9 Å². The van der Waals surface area contributed by atoms with Gasteiger partial charge in [0.05, 0.1) is 11.1 Å². The Balaban J connectivity index is 1.92. The van der Waals surface area contributed by atoms with Crippen molar-refractivity contribution in [2.45, 2.75) is 11.1 Å². The summed E-state index contributed by atoms with van der Waals surface area (Å²) in [6.07, 6.45) is -3.64. The highest BCUT2D eigenvalue weighted by atomic mass is 79.9. The number of carbonyl (C=O) groups excluding carboxylic acids is 1. The minimum atomic E-state index is -4.69. The average Bonchev–Trinajstić information content (AvgIpc) is 3.02. The highest BCUT2D eigenvalue weighted by Crippen LogP contribution is 2.33. The van der Waals surface area contributed by atoms with Crippen LogP contribution in [0.5, 0.6) is 0 Å². The van der Waals surface area contributed by atoms with E-state index in [2.05, 4.69) is 20.9 Å². The number of nitrogens with one attached hydrogen (secondary N) is 1. The van der Waals surface area contributed by atoms with Crippen LogP contribution in [0.4, 0.5) is 22.0 Å². The summed E-state index contributed by atoms with van der Waals surface area (Å²) in [5, 5.41) is 0. The van der Waals surface area contributed by atoms with Crippen molar-refractivity contribution in [2.24, 2.45) is 7.05 Å². The number of hydrogen-bond acceptors (Lipinski definition) is 4. The van der Waals surface area contributed by atoms with Gasteiger partial charge < -0.3 is 4.57 Å². The minimum absolute atomic E-state index is 0.270. The minimum Gasteiger partial charge on any atom is -0.333 e. The number of halogens is 6. The van der Waals surface area contributed by atoms with Gasteiger partial charge in [0.1, 0.15) is 28.0 Å². The van der Waals surface area contributed by atoms with Crippen molar-refractivity contribution < 1.29 is 35.2 Å². The predicted octanol–water partition coefficient (Wildman–Crippen LogP) is 4.27. The molecule has 3 rings (SSSR count). The molecule has 1 heterocycles. The van der Waals surface area contributed by atoms with Crippen LogP contribution in [0.15, 0.2) is 52.0 Å². The fraction of sp³-hybridized carbons (Fsp3) is 0.111. The molecule has 6 nitrogen and oxygen atoms in total. The smallest absolute Gasteiger partial charge is 0.333 e. The van der Waals surface area contributed by atoms with Gasteiger partial charge in [0.2, 0.25) is 0 Å². The van der Waals surface area contributed by atoms with E-state index < -0.39 is 59.9 Å². The molecular formula is C18H11BrF5N3O3S. The molecule has 1 aromatic heterocycles. The van der Waals surface area contributed by atoms with Crippen LogP contribution in [0.2, 0.25) is 0 Å². The van der Waals surface area contributed by atoms with Crippen LogP contribution in [0.25, 0.3) is 11.4 Å². The quantitative estimate of drug-likeness (QED) is 0.518. The standard InChI is InChI=1S/C18H11BrF5N3O3S/c1-27-8-13(25-16(27)15-11(20)3-2-4-12(15)21)17(28)26-31(29,30)14-6-5-9(7-10(14)19)18(22,23)24/h2-8H,1H3,(H,26,28). The van der Waals surface area contributed by atoms with Gasteiger partial charge in [-0.3, -0.25) is 4.79 Å². The number of sulfonamides is 1. The Bertz CT molecular complexity index is 1270. The third-order valence-electron chi connectivity index (χ3n) is 4.07. The third kappa shape index (κ3) is 4.61. The highest BCUT2D eigenvalue weighted by molar-refractivity contribution is 9.10. The van der Waals surface area contributed by atoms with E-state index in [1.54, 1.807) is 4.72 Å². The van der Waals surface area contributed by atoms with Gasteiger partial charge >= 0.3 is 6.18 Å². The summed E-state index contributed by atoms with van der Waals surface area (Å²) in [6, 6.07) is 4.89. The van der Waals surface area contributed by atoms with Crippen LogP contribution in [0.1, 0.15) is 16.1 Å². The number of hydrogen-bond donors (Lipinski definition) is 1. The molecule has 0 saturated carbocycles. The van der Waals surface area contributed by atoms with E-state index in [4.69, 9.17) is 0 Å². The van der Waals surface area contributed by atoms with Crippen LogP contribution in [-0.2, 0) is 23.2 Å². The lowest BCUT2D eigenvalue weighted by Crippen LogP contribution is -2.31. The van der Waals surface area contributed by atoms with Gasteiger partial charge in [0.15, 0.2) is 0 Å². The van der Waals surface area contributed by atoms with E-state index in [9.17, 15) is 35.2 Å². The number of imidazole rings is 1. The first-order valence-electron chi connectivity index (χ1n) is 8.23. The molecular weight excluding hydrogens is 513 g/mol. The molecule has 0 aliphatic heterocycles. The van der Waals surface area contributed by atoms with Gasteiger partial charge in [-0.05, 0) is 46.3 Å². The molecule has 0 unspecified atom stereocenters. The van der Waals surface area contributed by atoms with Crippen LogP contribution in [-0.4, -0.2) is 23.9 Å². The Morgan fingerprint density at radius 1 is 1.13 bits per heavy atom. The molecule has 0 aliphatic rings. The molecule has 0 radical (unpaired) electrons. The third-order valence-corrected chi connectivity index (χ3v) is 6.38. The summed E-state index contributed by atoms with van der Waals surface area (Å²) < 4.78 is 93.6. The predicted molar refractivity (Wildman–Crippen MR) is 102 cm³/mol. The second-order valence-corrected chi connectivity index (χ2v) is 8.74. The Hall–Kier alpha value is -2.80. The second-order valence-electron chi connectivity index (χ2n) is 6.23. The summed E-state index contributed by atoms with van der Waals surface area (Å²) in [5.41, 5.74) is -2.09. The summed E-state index contributed by atoms with van der Waals surface area (Å²) in [6.45, 7) is 0. The van der Waals surface area contributed by atoms with Crippen molar-refractivity contribution in [3.05, 3.63) is 70.0 Å². The first kappa shape index (κ1) is 22.9. The number of aryl methyl sites for hydroxylation is 1. The van der Waals surface area contributed by atoms with Gasteiger partial charge in [0, 0.05) is 17.7 Å². The van der Waals surface area contributed by atoms with Crippen molar-refractivity contribution >= 4 is 31.9 Å². The van der Waals surface area contributed by atoms with Gasteiger partial charge in [-0.1, -0.05) is 6.07 Å². The van der Waals surface area contributed by atoms with E-state index in [1.165, 1.54) is 7.05 Å². The number of amides is 1. The van der Waals surface area contributed by atoms with Gasteiger partial charge in [-0.15, -0.1) is 0 Å². The molecule has 2 aromatic carbocycles. The lowest BCUT2D eigenvalue weighted by atomic mass is 10.2. The molecule has 0 bridgehead atoms. The molecule has 0 fully saturated rings. The number of benzene rings is 2.